The average molecular weight is 393 g/mol. The van der Waals surface area contributed by atoms with Gasteiger partial charge >= 0.3 is 0 Å². The molecule has 0 saturated heterocycles. The van der Waals surface area contributed by atoms with Crippen LogP contribution in [0.5, 0.6) is 5.75 Å². The Hall–Kier alpha value is -2.52. The summed E-state index contributed by atoms with van der Waals surface area (Å²) < 4.78 is 6.94. The van der Waals surface area contributed by atoms with E-state index in [0.29, 0.717) is 33.1 Å². The lowest BCUT2D eigenvalue weighted by molar-refractivity contribution is -0.113. The van der Waals surface area contributed by atoms with Crippen molar-refractivity contribution in [1.29, 1.82) is 0 Å². The van der Waals surface area contributed by atoms with Crippen LogP contribution in [0.25, 0.3) is 11.4 Å². The van der Waals surface area contributed by atoms with E-state index >= 15 is 0 Å². The number of nitrogens with zero attached hydrogens (tertiary/aromatic N) is 4. The molecule has 0 unspecified atom stereocenters. The van der Waals surface area contributed by atoms with Gasteiger partial charge in [-0.2, -0.15) is 5.10 Å². The minimum atomic E-state index is -0.162. The molecule has 2 heterocycles. The molecule has 0 spiro atoms. The first-order valence-electron chi connectivity index (χ1n) is 7.66. The van der Waals surface area contributed by atoms with Crippen molar-refractivity contribution in [1.82, 2.24) is 25.0 Å². The number of halogens is 1. The predicted octanol–water partition coefficient (Wildman–Crippen LogP) is 2.91. The summed E-state index contributed by atoms with van der Waals surface area (Å²) in [6.45, 7) is 1.86. The molecule has 1 amide bonds. The minimum absolute atomic E-state index is 0.162. The maximum Gasteiger partial charge on any atom is 0.235 e. The Kier molecular flexibility index (Phi) is 5.48. The van der Waals surface area contributed by atoms with Crippen LogP contribution in [-0.4, -0.2) is 43.7 Å². The molecule has 0 aliphatic heterocycles. The molecule has 0 saturated carbocycles. The number of hydrogen-bond acceptors (Lipinski definition) is 6. The molecule has 26 heavy (non-hydrogen) atoms. The Labute approximate surface area is 159 Å². The Bertz CT molecular complexity index is 939. The van der Waals surface area contributed by atoms with Crippen LogP contribution in [0.2, 0.25) is 5.02 Å². The van der Waals surface area contributed by atoms with Crippen molar-refractivity contribution in [2.75, 3.05) is 18.2 Å². The van der Waals surface area contributed by atoms with Gasteiger partial charge in [0, 0.05) is 18.1 Å². The molecule has 136 valence electrons. The molecule has 0 aliphatic rings. The molecule has 8 nitrogen and oxygen atoms in total. The fraction of sp³-hybridized carbons (Fsp3) is 0.250. The number of ether oxygens (including phenoxy) is 1. The van der Waals surface area contributed by atoms with Gasteiger partial charge in [-0.3, -0.25) is 14.6 Å². The van der Waals surface area contributed by atoms with E-state index in [0.717, 1.165) is 5.69 Å². The number of hydrogen-bond donors (Lipinski definition) is 2. The highest BCUT2D eigenvalue weighted by atomic mass is 35.5. The minimum Gasteiger partial charge on any atom is -0.496 e. The Balaban J connectivity index is 1.65. The second-order valence-corrected chi connectivity index (χ2v) is 6.82. The number of aromatic amines is 1. The van der Waals surface area contributed by atoms with Crippen LogP contribution in [0.15, 0.2) is 29.4 Å². The summed E-state index contributed by atoms with van der Waals surface area (Å²) in [5.74, 6) is 1.81. The van der Waals surface area contributed by atoms with E-state index in [1.807, 2.05) is 6.92 Å². The molecule has 3 rings (SSSR count). The SMILES string of the molecule is COc1ccc(Cl)cc1-c1nc(SCC(=O)Nc2cc(C)nn2C)n[nH]1. The summed E-state index contributed by atoms with van der Waals surface area (Å²) in [6.07, 6.45) is 0. The van der Waals surface area contributed by atoms with Gasteiger partial charge in [-0.15, -0.1) is 5.10 Å². The van der Waals surface area contributed by atoms with Gasteiger partial charge in [0.1, 0.15) is 11.6 Å². The largest absolute Gasteiger partial charge is 0.496 e. The number of carbonyl (C=O) groups excluding carboxylic acids is 1. The molecular weight excluding hydrogens is 376 g/mol. The highest BCUT2D eigenvalue weighted by Crippen LogP contribution is 2.31. The fourth-order valence-electron chi connectivity index (χ4n) is 2.33. The number of aromatic nitrogens is 5. The van der Waals surface area contributed by atoms with Crippen LogP contribution in [-0.2, 0) is 11.8 Å². The summed E-state index contributed by atoms with van der Waals surface area (Å²) in [5.41, 5.74) is 1.54. The zero-order chi connectivity index (χ0) is 18.7. The first-order chi connectivity index (χ1) is 12.5. The highest BCUT2D eigenvalue weighted by Gasteiger charge is 2.14. The van der Waals surface area contributed by atoms with Crippen LogP contribution in [0.4, 0.5) is 5.82 Å². The second kappa shape index (κ2) is 7.79. The molecule has 0 aliphatic carbocycles. The van der Waals surface area contributed by atoms with Gasteiger partial charge < -0.3 is 10.1 Å². The van der Waals surface area contributed by atoms with Gasteiger partial charge in [0.2, 0.25) is 11.1 Å². The summed E-state index contributed by atoms with van der Waals surface area (Å²) in [7, 11) is 3.35. The Morgan fingerprint density at radius 2 is 2.23 bits per heavy atom. The van der Waals surface area contributed by atoms with E-state index < -0.39 is 0 Å². The number of amides is 1. The number of benzene rings is 1. The molecule has 0 bridgehead atoms. The summed E-state index contributed by atoms with van der Waals surface area (Å²) in [6, 6.07) is 7.04. The topological polar surface area (TPSA) is 97.7 Å². The third kappa shape index (κ3) is 4.17. The van der Waals surface area contributed by atoms with Crippen molar-refractivity contribution < 1.29 is 9.53 Å². The number of anilines is 1. The molecule has 0 radical (unpaired) electrons. The molecule has 2 N–H and O–H groups in total. The van der Waals surface area contributed by atoms with Crippen molar-refractivity contribution in [2.24, 2.45) is 7.05 Å². The van der Waals surface area contributed by atoms with E-state index in [-0.39, 0.29) is 11.7 Å². The van der Waals surface area contributed by atoms with Crippen LogP contribution < -0.4 is 10.1 Å². The standard InChI is InChI=1S/C16H17ClN6O2S/c1-9-6-13(23(2)22-9)18-14(24)8-26-16-19-15(20-21-16)11-7-10(17)4-5-12(11)25-3/h4-7H,8H2,1-3H3,(H,18,24)(H,19,20,21). The van der Waals surface area contributed by atoms with Gasteiger partial charge in [0.05, 0.1) is 24.1 Å². The van der Waals surface area contributed by atoms with Crippen molar-refractivity contribution in [3.8, 4) is 17.1 Å². The van der Waals surface area contributed by atoms with Gasteiger partial charge in [0.15, 0.2) is 5.82 Å². The van der Waals surface area contributed by atoms with E-state index in [4.69, 9.17) is 16.3 Å². The van der Waals surface area contributed by atoms with Gasteiger partial charge in [-0.05, 0) is 25.1 Å². The van der Waals surface area contributed by atoms with Crippen molar-refractivity contribution in [3.63, 3.8) is 0 Å². The zero-order valence-corrected chi connectivity index (χ0v) is 16.0. The lowest BCUT2D eigenvalue weighted by atomic mass is 10.2. The number of nitrogens with one attached hydrogen (secondary N) is 2. The van der Waals surface area contributed by atoms with Crippen molar-refractivity contribution in [2.45, 2.75) is 12.1 Å². The third-order valence-electron chi connectivity index (χ3n) is 3.48. The second-order valence-electron chi connectivity index (χ2n) is 5.44. The fourth-order valence-corrected chi connectivity index (χ4v) is 3.10. The highest BCUT2D eigenvalue weighted by molar-refractivity contribution is 7.99. The normalized spacial score (nSPS) is 10.8. The van der Waals surface area contributed by atoms with Crippen LogP contribution in [0, 0.1) is 6.92 Å². The molecule has 10 heteroatoms. The van der Waals surface area contributed by atoms with Crippen molar-refractivity contribution in [3.05, 3.63) is 35.0 Å². The maximum absolute atomic E-state index is 12.1. The number of methoxy groups -OCH3 is 1. The number of rotatable bonds is 6. The third-order valence-corrected chi connectivity index (χ3v) is 4.57. The first-order valence-corrected chi connectivity index (χ1v) is 9.02. The average Bonchev–Trinajstić information content (AvgIpc) is 3.19. The molecule has 3 aromatic rings. The lowest BCUT2D eigenvalue weighted by Crippen LogP contribution is -2.16. The van der Waals surface area contributed by atoms with E-state index in [9.17, 15) is 4.79 Å². The molecule has 0 atom stereocenters. The predicted molar refractivity (Wildman–Crippen MR) is 101 cm³/mol. The number of aryl methyl sites for hydroxylation is 2. The van der Waals surface area contributed by atoms with Gasteiger partial charge in [0.25, 0.3) is 0 Å². The van der Waals surface area contributed by atoms with E-state index in [1.54, 1.807) is 43.1 Å². The molecule has 2 aromatic heterocycles. The Morgan fingerprint density at radius 1 is 1.42 bits per heavy atom. The van der Waals surface area contributed by atoms with Crippen LogP contribution in [0.3, 0.4) is 0 Å². The van der Waals surface area contributed by atoms with Crippen LogP contribution >= 0.6 is 23.4 Å². The first kappa shape index (κ1) is 18.3. The molecule has 1 aromatic carbocycles. The summed E-state index contributed by atoms with van der Waals surface area (Å²) >= 11 is 7.27. The van der Waals surface area contributed by atoms with Crippen molar-refractivity contribution >= 4 is 35.1 Å². The number of H-pyrrole nitrogens is 1. The number of carbonyl (C=O) groups is 1. The molecular formula is C16H17ClN6O2S. The Morgan fingerprint density at radius 3 is 2.92 bits per heavy atom. The summed E-state index contributed by atoms with van der Waals surface area (Å²) in [5, 5.41) is 15.0. The van der Waals surface area contributed by atoms with Crippen LogP contribution in [0.1, 0.15) is 5.69 Å². The number of thioether (sulfide) groups is 1. The monoisotopic (exact) mass is 392 g/mol. The lowest BCUT2D eigenvalue weighted by Gasteiger charge is -2.05. The quantitative estimate of drug-likeness (QED) is 0.626. The molecule has 0 fully saturated rings. The van der Waals surface area contributed by atoms with Gasteiger partial charge in [-0.25, -0.2) is 4.98 Å². The van der Waals surface area contributed by atoms with E-state index in [2.05, 4.69) is 25.6 Å². The van der Waals surface area contributed by atoms with Gasteiger partial charge in [-0.1, -0.05) is 23.4 Å². The maximum atomic E-state index is 12.1. The smallest absolute Gasteiger partial charge is 0.235 e. The van der Waals surface area contributed by atoms with E-state index in [1.165, 1.54) is 11.8 Å². The summed E-state index contributed by atoms with van der Waals surface area (Å²) in [4.78, 5) is 16.5. The zero-order valence-electron chi connectivity index (χ0n) is 14.4.